The number of hydrogen-bond acceptors (Lipinski definition) is 4. The molecule has 5 heteroatoms. The van der Waals surface area contributed by atoms with Crippen LogP contribution in [0.3, 0.4) is 0 Å². The fourth-order valence-corrected chi connectivity index (χ4v) is 1.38. The third-order valence-corrected chi connectivity index (χ3v) is 2.14. The topological polar surface area (TPSA) is 60.1 Å². The second kappa shape index (κ2) is 4.45. The Morgan fingerprint density at radius 2 is 2.13 bits per heavy atom. The van der Waals surface area contributed by atoms with Crippen LogP contribution in [0.4, 0.5) is 0 Å². The van der Waals surface area contributed by atoms with Gasteiger partial charge in [0.2, 0.25) is 0 Å². The van der Waals surface area contributed by atoms with Gasteiger partial charge < -0.3 is 0 Å². The van der Waals surface area contributed by atoms with Gasteiger partial charge in [-0.05, 0) is 5.56 Å². The highest BCUT2D eigenvalue weighted by atomic mass is 16.3. The molecule has 1 aromatic carbocycles. The molecular weight excluding hydrogens is 192 g/mol. The quantitative estimate of drug-likeness (QED) is 0.710. The number of nitroso groups, excluding NO2 is 1. The van der Waals surface area contributed by atoms with Gasteiger partial charge in [-0.15, -0.1) is 0 Å². The van der Waals surface area contributed by atoms with E-state index in [4.69, 9.17) is 0 Å². The lowest BCUT2D eigenvalue weighted by molar-refractivity contribution is 0.526. The lowest BCUT2D eigenvalue weighted by Gasteiger charge is -2.08. The smallest absolute Gasteiger partial charge is 0.137 e. The van der Waals surface area contributed by atoms with E-state index in [0.29, 0.717) is 6.54 Å². The molecule has 76 valence electrons. The molecule has 2 rings (SSSR count). The van der Waals surface area contributed by atoms with E-state index in [1.165, 1.54) is 6.33 Å². The summed E-state index contributed by atoms with van der Waals surface area (Å²) in [6.45, 7) is 0.424. The molecule has 1 aromatic heterocycles. The van der Waals surface area contributed by atoms with E-state index >= 15 is 0 Å². The molecule has 0 amide bonds. The minimum Gasteiger partial charge on any atom is -0.250 e. The van der Waals surface area contributed by atoms with E-state index in [0.717, 1.165) is 5.56 Å². The van der Waals surface area contributed by atoms with Gasteiger partial charge in [-0.2, -0.15) is 10.0 Å². The minimum atomic E-state index is -0.409. The van der Waals surface area contributed by atoms with Crippen LogP contribution in [0.25, 0.3) is 0 Å². The maximum atomic E-state index is 10.7. The first-order chi connectivity index (χ1) is 7.40. The van der Waals surface area contributed by atoms with Crippen LogP contribution < -0.4 is 0 Å². The van der Waals surface area contributed by atoms with E-state index in [9.17, 15) is 4.91 Å². The van der Waals surface area contributed by atoms with Gasteiger partial charge in [0.15, 0.2) is 0 Å². The second-order valence-electron chi connectivity index (χ2n) is 3.15. The zero-order valence-electron chi connectivity index (χ0n) is 8.02. The second-order valence-corrected chi connectivity index (χ2v) is 3.15. The van der Waals surface area contributed by atoms with Gasteiger partial charge in [0.25, 0.3) is 0 Å². The van der Waals surface area contributed by atoms with Crippen molar-refractivity contribution in [2.24, 2.45) is 5.18 Å². The Hall–Kier alpha value is -2.04. The third-order valence-electron chi connectivity index (χ3n) is 2.14. The van der Waals surface area contributed by atoms with Crippen LogP contribution in [-0.4, -0.2) is 14.8 Å². The van der Waals surface area contributed by atoms with Gasteiger partial charge in [-0.3, -0.25) is 4.68 Å². The van der Waals surface area contributed by atoms with Gasteiger partial charge in [0.1, 0.15) is 18.7 Å². The molecule has 5 nitrogen and oxygen atoms in total. The first-order valence-corrected chi connectivity index (χ1v) is 4.60. The van der Waals surface area contributed by atoms with E-state index in [2.05, 4.69) is 15.3 Å². The van der Waals surface area contributed by atoms with Crippen LogP contribution in [0.2, 0.25) is 0 Å². The summed E-state index contributed by atoms with van der Waals surface area (Å²) < 4.78 is 1.60. The first kappa shape index (κ1) is 9.51. The van der Waals surface area contributed by atoms with Crippen molar-refractivity contribution in [3.63, 3.8) is 0 Å². The highest BCUT2D eigenvalue weighted by Gasteiger charge is 2.12. The van der Waals surface area contributed by atoms with Gasteiger partial charge >= 0.3 is 0 Å². The lowest BCUT2D eigenvalue weighted by atomic mass is 10.1. The fraction of sp³-hybridized carbons (Fsp3) is 0.200. The van der Waals surface area contributed by atoms with Gasteiger partial charge in [0, 0.05) is 0 Å². The Morgan fingerprint density at radius 3 is 2.73 bits per heavy atom. The predicted molar refractivity (Wildman–Crippen MR) is 55.0 cm³/mol. The number of nitrogens with zero attached hydrogens (tertiary/aromatic N) is 4. The zero-order valence-corrected chi connectivity index (χ0v) is 8.02. The van der Waals surface area contributed by atoms with Crippen molar-refractivity contribution in [3.05, 3.63) is 53.5 Å². The van der Waals surface area contributed by atoms with Crippen LogP contribution >= 0.6 is 0 Å². The predicted octanol–water partition coefficient (Wildman–Crippen LogP) is 1.79. The summed E-state index contributed by atoms with van der Waals surface area (Å²) in [5.74, 6) is 0. The molecule has 0 aliphatic rings. The van der Waals surface area contributed by atoms with Gasteiger partial charge in [0.05, 0.1) is 6.54 Å². The summed E-state index contributed by atoms with van der Waals surface area (Å²) in [5, 5.41) is 7.03. The Morgan fingerprint density at radius 1 is 1.33 bits per heavy atom. The first-order valence-electron chi connectivity index (χ1n) is 4.60. The van der Waals surface area contributed by atoms with Gasteiger partial charge in [-0.1, -0.05) is 35.5 Å². The molecule has 0 bridgehead atoms. The number of aromatic nitrogens is 3. The summed E-state index contributed by atoms with van der Waals surface area (Å²) in [6.07, 6.45) is 3.01. The largest absolute Gasteiger partial charge is 0.250 e. The Bertz CT molecular complexity index is 412. The van der Waals surface area contributed by atoms with Crippen molar-refractivity contribution in [3.8, 4) is 0 Å². The van der Waals surface area contributed by atoms with Crippen LogP contribution in [0, 0.1) is 4.91 Å². The third kappa shape index (κ3) is 2.25. The Kier molecular flexibility index (Phi) is 2.82. The number of rotatable bonds is 4. The van der Waals surface area contributed by atoms with Crippen LogP contribution in [0.5, 0.6) is 0 Å². The van der Waals surface area contributed by atoms with Crippen LogP contribution in [0.1, 0.15) is 11.6 Å². The summed E-state index contributed by atoms with van der Waals surface area (Å²) in [6, 6.07) is 9.02. The molecule has 0 fully saturated rings. The zero-order chi connectivity index (χ0) is 10.5. The summed E-state index contributed by atoms with van der Waals surface area (Å²) in [4.78, 5) is 14.5. The van der Waals surface area contributed by atoms with Crippen molar-refractivity contribution in [2.75, 3.05) is 0 Å². The van der Waals surface area contributed by atoms with Crippen LogP contribution in [-0.2, 0) is 6.54 Å². The summed E-state index contributed by atoms with van der Waals surface area (Å²) in [5.41, 5.74) is 0.892. The Labute approximate surface area is 86.7 Å². The average Bonchev–Trinajstić information content (AvgIpc) is 2.80. The van der Waals surface area contributed by atoms with E-state index in [1.54, 1.807) is 11.0 Å². The summed E-state index contributed by atoms with van der Waals surface area (Å²) in [7, 11) is 0. The molecule has 2 aromatic rings. The van der Waals surface area contributed by atoms with Crippen LogP contribution in [0.15, 0.2) is 48.2 Å². The molecule has 0 aliphatic heterocycles. The average molecular weight is 202 g/mol. The standard InChI is InChI=1S/C10H10N4O/c15-13-10(6-14-8-11-7-12-14)9-4-2-1-3-5-9/h1-5,7-8,10H,6H2. The number of benzene rings is 1. The molecule has 1 heterocycles. The molecular formula is C10H10N4O. The van der Waals surface area contributed by atoms with Crippen molar-refractivity contribution in [1.29, 1.82) is 0 Å². The molecule has 15 heavy (non-hydrogen) atoms. The Balaban J connectivity index is 2.15. The van der Waals surface area contributed by atoms with E-state index < -0.39 is 6.04 Å². The molecule has 1 atom stereocenters. The van der Waals surface area contributed by atoms with Crippen molar-refractivity contribution in [2.45, 2.75) is 12.6 Å². The molecule has 0 saturated heterocycles. The highest BCUT2D eigenvalue weighted by Crippen LogP contribution is 2.17. The molecule has 0 aliphatic carbocycles. The van der Waals surface area contributed by atoms with Crippen molar-refractivity contribution in [1.82, 2.24) is 14.8 Å². The van der Waals surface area contributed by atoms with Crippen molar-refractivity contribution >= 4 is 0 Å². The van der Waals surface area contributed by atoms with Crippen molar-refractivity contribution < 1.29 is 0 Å². The summed E-state index contributed by atoms with van der Waals surface area (Å²) >= 11 is 0. The maximum Gasteiger partial charge on any atom is 0.137 e. The molecule has 0 spiro atoms. The van der Waals surface area contributed by atoms with E-state index in [-0.39, 0.29) is 0 Å². The minimum absolute atomic E-state index is 0.409. The molecule has 0 radical (unpaired) electrons. The van der Waals surface area contributed by atoms with Gasteiger partial charge in [-0.25, -0.2) is 4.98 Å². The molecule has 1 unspecified atom stereocenters. The van der Waals surface area contributed by atoms with E-state index in [1.807, 2.05) is 30.3 Å². The number of hydrogen-bond donors (Lipinski definition) is 0. The highest BCUT2D eigenvalue weighted by molar-refractivity contribution is 5.18. The maximum absolute atomic E-state index is 10.7. The fourth-order valence-electron chi connectivity index (χ4n) is 1.38. The monoisotopic (exact) mass is 202 g/mol. The molecule has 0 N–H and O–H groups in total. The lowest BCUT2D eigenvalue weighted by Crippen LogP contribution is -2.07. The normalized spacial score (nSPS) is 12.3. The SMILES string of the molecule is O=NC(Cn1cncn1)c1ccccc1. The molecule has 0 saturated carbocycles.